The van der Waals surface area contributed by atoms with E-state index >= 15 is 0 Å². The summed E-state index contributed by atoms with van der Waals surface area (Å²) in [6.07, 6.45) is 17.4. The third kappa shape index (κ3) is 5.78. The van der Waals surface area contributed by atoms with Crippen LogP contribution in [0.1, 0.15) is 105 Å². The second-order valence-electron chi connectivity index (χ2n) is 10.7. The first-order valence-electron chi connectivity index (χ1n) is 12.0. The molecule has 3 aliphatic rings. The van der Waals surface area contributed by atoms with Crippen LogP contribution >= 0.6 is 0 Å². The standard InChI is InChI=1S/C26H44/c1-19-5-7-23(8-6-19)9-10-24-11-13-25(14-12-24)15-16-26-17-20(2)22(4)21(3)18-26/h19-26H,5-14,17-18H2,1-4H3. The Balaban J connectivity index is 1.35. The minimum atomic E-state index is 0.683. The fourth-order valence-corrected chi connectivity index (χ4v) is 6.02. The van der Waals surface area contributed by atoms with Gasteiger partial charge in [0.25, 0.3) is 0 Å². The Bertz CT molecular complexity index is 452. The average Bonchev–Trinajstić information content (AvgIpc) is 2.64. The van der Waals surface area contributed by atoms with Crippen molar-refractivity contribution in [3.63, 3.8) is 0 Å². The molecule has 3 saturated carbocycles. The van der Waals surface area contributed by atoms with Gasteiger partial charge in [-0.3, -0.25) is 0 Å². The van der Waals surface area contributed by atoms with E-state index in [4.69, 9.17) is 0 Å². The van der Waals surface area contributed by atoms with E-state index in [9.17, 15) is 0 Å². The zero-order valence-electron chi connectivity index (χ0n) is 18.1. The predicted molar refractivity (Wildman–Crippen MR) is 114 cm³/mol. The van der Waals surface area contributed by atoms with Gasteiger partial charge in [-0.1, -0.05) is 78.1 Å². The van der Waals surface area contributed by atoms with Crippen molar-refractivity contribution in [2.45, 2.75) is 105 Å². The molecule has 0 aromatic rings. The molecule has 0 bridgehead atoms. The van der Waals surface area contributed by atoms with Gasteiger partial charge in [-0.05, 0) is 74.0 Å². The van der Waals surface area contributed by atoms with Gasteiger partial charge in [0.1, 0.15) is 0 Å². The molecule has 0 heteroatoms. The third-order valence-electron chi connectivity index (χ3n) is 8.56. The van der Waals surface area contributed by atoms with E-state index in [1.807, 2.05) is 0 Å². The summed E-state index contributed by atoms with van der Waals surface area (Å²) in [5, 5.41) is 0. The fraction of sp³-hybridized carbons (Fsp3) is 0.923. The molecule has 2 atom stereocenters. The second-order valence-corrected chi connectivity index (χ2v) is 10.7. The largest absolute Gasteiger partial charge is 0.0996 e. The first-order valence-corrected chi connectivity index (χ1v) is 12.0. The lowest BCUT2D eigenvalue weighted by Gasteiger charge is -2.35. The topological polar surface area (TPSA) is 0 Å². The molecule has 0 nitrogen and oxygen atoms in total. The Kier molecular flexibility index (Phi) is 7.54. The van der Waals surface area contributed by atoms with E-state index in [2.05, 4.69) is 39.5 Å². The average molecular weight is 357 g/mol. The molecule has 0 spiro atoms. The van der Waals surface area contributed by atoms with Crippen LogP contribution in [0.15, 0.2) is 0 Å². The molecular formula is C26H44. The lowest BCUT2D eigenvalue weighted by molar-refractivity contribution is 0.168. The van der Waals surface area contributed by atoms with E-state index in [1.54, 1.807) is 0 Å². The van der Waals surface area contributed by atoms with Crippen molar-refractivity contribution >= 4 is 0 Å². The molecular weight excluding hydrogens is 312 g/mol. The summed E-state index contributed by atoms with van der Waals surface area (Å²) < 4.78 is 0. The number of hydrogen-bond donors (Lipinski definition) is 0. The Morgan fingerprint density at radius 2 is 1.04 bits per heavy atom. The van der Waals surface area contributed by atoms with Gasteiger partial charge < -0.3 is 0 Å². The molecule has 0 radical (unpaired) electrons. The highest BCUT2D eigenvalue weighted by atomic mass is 14.3. The Morgan fingerprint density at radius 3 is 1.58 bits per heavy atom. The summed E-state index contributed by atoms with van der Waals surface area (Å²) in [6.45, 7) is 9.75. The molecule has 3 aliphatic carbocycles. The van der Waals surface area contributed by atoms with Gasteiger partial charge in [0.15, 0.2) is 0 Å². The lowest BCUT2D eigenvalue weighted by atomic mass is 9.70. The summed E-state index contributed by atoms with van der Waals surface area (Å²) >= 11 is 0. The number of rotatable bonds is 3. The van der Waals surface area contributed by atoms with Crippen LogP contribution in [-0.2, 0) is 0 Å². The van der Waals surface area contributed by atoms with Gasteiger partial charge in [0.05, 0.1) is 0 Å². The molecule has 0 aromatic carbocycles. The van der Waals surface area contributed by atoms with Crippen molar-refractivity contribution in [1.82, 2.24) is 0 Å². The van der Waals surface area contributed by atoms with Crippen molar-refractivity contribution < 1.29 is 0 Å². The van der Waals surface area contributed by atoms with Crippen LogP contribution in [0, 0.1) is 59.2 Å². The van der Waals surface area contributed by atoms with E-state index in [-0.39, 0.29) is 0 Å². The van der Waals surface area contributed by atoms with E-state index in [0.717, 1.165) is 35.5 Å². The quantitative estimate of drug-likeness (QED) is 0.454. The first kappa shape index (κ1) is 20.3. The minimum Gasteiger partial charge on any atom is -0.0996 e. The van der Waals surface area contributed by atoms with Gasteiger partial charge in [-0.15, -0.1) is 0 Å². The van der Waals surface area contributed by atoms with Gasteiger partial charge in [-0.2, -0.15) is 0 Å². The minimum absolute atomic E-state index is 0.683. The van der Waals surface area contributed by atoms with Gasteiger partial charge in [0.2, 0.25) is 0 Å². The summed E-state index contributed by atoms with van der Waals surface area (Å²) in [6, 6.07) is 0. The van der Waals surface area contributed by atoms with E-state index in [1.165, 1.54) is 77.0 Å². The monoisotopic (exact) mass is 356 g/mol. The zero-order chi connectivity index (χ0) is 18.5. The van der Waals surface area contributed by atoms with Gasteiger partial charge >= 0.3 is 0 Å². The smallest absolute Gasteiger partial charge is 0.0208 e. The van der Waals surface area contributed by atoms with Crippen molar-refractivity contribution in [3.8, 4) is 11.8 Å². The highest BCUT2D eigenvalue weighted by Gasteiger charge is 2.29. The predicted octanol–water partition coefficient (Wildman–Crippen LogP) is 7.72. The first-order chi connectivity index (χ1) is 12.5. The van der Waals surface area contributed by atoms with Crippen molar-refractivity contribution in [2.24, 2.45) is 47.3 Å². The van der Waals surface area contributed by atoms with Gasteiger partial charge in [-0.25, -0.2) is 0 Å². The van der Waals surface area contributed by atoms with E-state index < -0.39 is 0 Å². The van der Waals surface area contributed by atoms with Crippen molar-refractivity contribution in [2.75, 3.05) is 0 Å². The SMILES string of the molecule is CC1CCC(CCC2CCC(C#CC3CC(C)C(C)C(C)C3)CC2)CC1. The summed E-state index contributed by atoms with van der Waals surface area (Å²) in [5.74, 6) is 14.5. The highest BCUT2D eigenvalue weighted by molar-refractivity contribution is 5.09. The zero-order valence-corrected chi connectivity index (χ0v) is 18.1. The van der Waals surface area contributed by atoms with Crippen LogP contribution < -0.4 is 0 Å². The maximum atomic E-state index is 3.73. The normalized spacial score (nSPS) is 44.2. The fourth-order valence-electron chi connectivity index (χ4n) is 6.02. The van der Waals surface area contributed by atoms with Crippen LogP contribution in [-0.4, -0.2) is 0 Å². The van der Waals surface area contributed by atoms with Crippen LogP contribution in [0.5, 0.6) is 0 Å². The lowest BCUT2D eigenvalue weighted by Crippen LogP contribution is -2.27. The Labute approximate surface area is 164 Å². The van der Waals surface area contributed by atoms with Crippen molar-refractivity contribution in [1.29, 1.82) is 0 Å². The molecule has 0 aliphatic heterocycles. The molecule has 2 unspecified atom stereocenters. The molecule has 0 amide bonds. The molecule has 0 aromatic heterocycles. The maximum absolute atomic E-state index is 3.73. The van der Waals surface area contributed by atoms with Crippen LogP contribution in [0.3, 0.4) is 0 Å². The summed E-state index contributed by atoms with van der Waals surface area (Å²) in [4.78, 5) is 0. The highest BCUT2D eigenvalue weighted by Crippen LogP contribution is 2.38. The van der Waals surface area contributed by atoms with Crippen LogP contribution in [0.25, 0.3) is 0 Å². The summed E-state index contributed by atoms with van der Waals surface area (Å²) in [7, 11) is 0. The Hall–Kier alpha value is -0.440. The van der Waals surface area contributed by atoms with Crippen molar-refractivity contribution in [3.05, 3.63) is 0 Å². The second kappa shape index (κ2) is 9.66. The third-order valence-corrected chi connectivity index (χ3v) is 8.56. The molecule has 26 heavy (non-hydrogen) atoms. The molecule has 0 saturated heterocycles. The number of hydrogen-bond acceptors (Lipinski definition) is 0. The summed E-state index contributed by atoms with van der Waals surface area (Å²) in [5.41, 5.74) is 0. The van der Waals surface area contributed by atoms with E-state index in [0.29, 0.717) is 11.8 Å². The van der Waals surface area contributed by atoms with Crippen LogP contribution in [0.2, 0.25) is 0 Å². The molecule has 148 valence electrons. The van der Waals surface area contributed by atoms with Crippen LogP contribution in [0.4, 0.5) is 0 Å². The molecule has 0 N–H and O–H groups in total. The maximum Gasteiger partial charge on any atom is 0.0208 e. The Morgan fingerprint density at radius 1 is 0.577 bits per heavy atom. The molecule has 3 rings (SSSR count). The van der Waals surface area contributed by atoms with Gasteiger partial charge in [0, 0.05) is 11.8 Å². The molecule has 0 heterocycles. The molecule has 3 fully saturated rings.